The van der Waals surface area contributed by atoms with Crippen molar-refractivity contribution in [3.05, 3.63) is 11.1 Å². The molecule has 0 spiro atoms. The van der Waals surface area contributed by atoms with Crippen molar-refractivity contribution in [3.8, 4) is 0 Å². The van der Waals surface area contributed by atoms with Crippen LogP contribution in [0.2, 0.25) is 0 Å². The zero-order valence-electron chi connectivity index (χ0n) is 10.4. The second-order valence-corrected chi connectivity index (χ2v) is 5.49. The molecular weight excluding hydrogens is 295 g/mol. The van der Waals surface area contributed by atoms with Crippen molar-refractivity contribution in [1.29, 1.82) is 0 Å². The summed E-state index contributed by atoms with van der Waals surface area (Å²) in [6.45, 7) is 0.296. The number of aliphatic hydroxyl groups is 1. The Balaban J connectivity index is 1.81. The van der Waals surface area contributed by atoms with Gasteiger partial charge in [-0.3, -0.25) is 5.32 Å². The summed E-state index contributed by atoms with van der Waals surface area (Å²) in [5.41, 5.74) is -1.02. The number of urea groups is 1. The molecule has 112 valence electrons. The number of nitrogens with one attached hydrogen (secondary N) is 2. The number of thiazole rings is 1. The number of rotatable bonds is 3. The Labute approximate surface area is 117 Å². The summed E-state index contributed by atoms with van der Waals surface area (Å²) < 4.78 is 37.0. The molecule has 2 rings (SSSR count). The molecule has 1 aromatic heterocycles. The smallest absolute Gasteiger partial charge is 0.393 e. The standard InChI is InChI=1S/C11H14F3N3O2S/c12-11(13,14)8-5-20-10(16-8)17-9(19)15-4-6-2-1-3-7(6)18/h5-7,18H,1-4H2,(H2,15,16,17,19)/t6-,7+/m1/s1. The molecule has 1 heterocycles. The molecule has 9 heteroatoms. The van der Waals surface area contributed by atoms with Gasteiger partial charge in [-0.05, 0) is 12.8 Å². The molecule has 1 fully saturated rings. The molecule has 0 bridgehead atoms. The van der Waals surface area contributed by atoms with E-state index in [1.54, 1.807) is 0 Å². The number of anilines is 1. The molecule has 3 N–H and O–H groups in total. The highest BCUT2D eigenvalue weighted by Crippen LogP contribution is 2.31. The molecule has 2 atom stereocenters. The van der Waals surface area contributed by atoms with Crippen molar-refractivity contribution in [2.75, 3.05) is 11.9 Å². The Hall–Kier alpha value is -1.35. The van der Waals surface area contributed by atoms with Crippen LogP contribution >= 0.6 is 11.3 Å². The van der Waals surface area contributed by atoms with Crippen LogP contribution in [0.25, 0.3) is 0 Å². The summed E-state index contributed by atoms with van der Waals surface area (Å²) in [5.74, 6) is 0.00258. The maximum absolute atomic E-state index is 12.3. The highest BCUT2D eigenvalue weighted by Gasteiger charge is 2.34. The number of alkyl halides is 3. The number of carbonyl (C=O) groups is 1. The number of hydrogen-bond donors (Lipinski definition) is 3. The first-order chi connectivity index (χ1) is 9.36. The number of hydrogen-bond acceptors (Lipinski definition) is 4. The topological polar surface area (TPSA) is 74.2 Å². The molecule has 5 nitrogen and oxygen atoms in total. The molecule has 1 aromatic rings. The van der Waals surface area contributed by atoms with Gasteiger partial charge >= 0.3 is 12.2 Å². The van der Waals surface area contributed by atoms with E-state index in [0.29, 0.717) is 17.9 Å². The Morgan fingerprint density at radius 2 is 2.25 bits per heavy atom. The number of halogens is 3. The van der Waals surface area contributed by atoms with Crippen LogP contribution in [0.5, 0.6) is 0 Å². The minimum atomic E-state index is -4.51. The van der Waals surface area contributed by atoms with Crippen molar-refractivity contribution in [2.45, 2.75) is 31.5 Å². The third-order valence-electron chi connectivity index (χ3n) is 3.16. The number of carbonyl (C=O) groups excluding carboxylic acids is 1. The number of aromatic nitrogens is 1. The lowest BCUT2D eigenvalue weighted by Gasteiger charge is -2.14. The average Bonchev–Trinajstić information content (AvgIpc) is 2.95. The monoisotopic (exact) mass is 309 g/mol. The van der Waals surface area contributed by atoms with Crippen LogP contribution in [0.15, 0.2) is 5.38 Å². The molecule has 0 unspecified atom stereocenters. The van der Waals surface area contributed by atoms with Gasteiger partial charge in [0.1, 0.15) is 0 Å². The molecule has 20 heavy (non-hydrogen) atoms. The zero-order valence-corrected chi connectivity index (χ0v) is 11.2. The zero-order chi connectivity index (χ0) is 14.8. The Kier molecular flexibility index (Phi) is 4.48. The fourth-order valence-electron chi connectivity index (χ4n) is 2.08. The van der Waals surface area contributed by atoms with Crippen molar-refractivity contribution in [1.82, 2.24) is 10.3 Å². The van der Waals surface area contributed by atoms with E-state index in [-0.39, 0.29) is 11.0 Å². The van der Waals surface area contributed by atoms with Gasteiger partial charge < -0.3 is 10.4 Å². The normalized spacial score (nSPS) is 22.8. The predicted octanol–water partition coefficient (Wildman–Crippen LogP) is 2.44. The minimum absolute atomic E-state index is 0.00258. The third kappa shape index (κ3) is 3.83. The second-order valence-electron chi connectivity index (χ2n) is 4.63. The number of aliphatic hydroxyl groups excluding tert-OH is 1. The van der Waals surface area contributed by atoms with Gasteiger partial charge in [0.2, 0.25) is 0 Å². The molecule has 1 aliphatic rings. The van der Waals surface area contributed by atoms with Gasteiger partial charge in [0.15, 0.2) is 10.8 Å². The maximum Gasteiger partial charge on any atom is 0.434 e. The second kappa shape index (κ2) is 5.96. The van der Waals surface area contributed by atoms with Gasteiger partial charge in [0, 0.05) is 17.8 Å². The fourth-order valence-corrected chi connectivity index (χ4v) is 2.79. The first-order valence-corrected chi connectivity index (χ1v) is 7.00. The van der Waals surface area contributed by atoms with Crippen molar-refractivity contribution >= 4 is 22.5 Å². The van der Waals surface area contributed by atoms with E-state index in [2.05, 4.69) is 15.6 Å². The summed E-state index contributed by atoms with van der Waals surface area (Å²) >= 11 is 0.711. The van der Waals surface area contributed by atoms with Crippen molar-refractivity contribution in [2.24, 2.45) is 5.92 Å². The number of nitrogens with zero attached hydrogens (tertiary/aromatic N) is 1. The van der Waals surface area contributed by atoms with Gasteiger partial charge in [-0.15, -0.1) is 11.3 Å². The lowest BCUT2D eigenvalue weighted by atomic mass is 10.1. The summed E-state index contributed by atoms with van der Waals surface area (Å²) in [7, 11) is 0. The van der Waals surface area contributed by atoms with Crippen LogP contribution in [0.4, 0.5) is 23.1 Å². The fraction of sp³-hybridized carbons (Fsp3) is 0.636. The van der Waals surface area contributed by atoms with E-state index in [0.717, 1.165) is 24.6 Å². The van der Waals surface area contributed by atoms with Crippen LogP contribution < -0.4 is 10.6 Å². The summed E-state index contributed by atoms with van der Waals surface area (Å²) in [6.07, 6.45) is -2.48. The van der Waals surface area contributed by atoms with Gasteiger partial charge in [0.25, 0.3) is 0 Å². The van der Waals surface area contributed by atoms with Crippen molar-refractivity contribution < 1.29 is 23.1 Å². The lowest BCUT2D eigenvalue weighted by molar-refractivity contribution is -0.140. The molecule has 1 saturated carbocycles. The molecule has 0 radical (unpaired) electrons. The third-order valence-corrected chi connectivity index (χ3v) is 3.92. The minimum Gasteiger partial charge on any atom is -0.393 e. The van der Waals surface area contributed by atoms with Gasteiger partial charge in [0.05, 0.1) is 6.10 Å². The van der Waals surface area contributed by atoms with Gasteiger partial charge in [-0.2, -0.15) is 13.2 Å². The molecule has 1 aliphatic carbocycles. The Morgan fingerprint density at radius 3 is 2.80 bits per heavy atom. The van der Waals surface area contributed by atoms with E-state index >= 15 is 0 Å². The van der Waals surface area contributed by atoms with E-state index in [4.69, 9.17) is 0 Å². The Morgan fingerprint density at radius 1 is 1.50 bits per heavy atom. The SMILES string of the molecule is O=C(NC[C@H]1CCC[C@@H]1O)Nc1nc(C(F)(F)F)cs1. The largest absolute Gasteiger partial charge is 0.434 e. The highest BCUT2D eigenvalue weighted by molar-refractivity contribution is 7.13. The quantitative estimate of drug-likeness (QED) is 0.803. The summed E-state index contributed by atoms with van der Waals surface area (Å²) in [4.78, 5) is 14.8. The highest BCUT2D eigenvalue weighted by atomic mass is 32.1. The van der Waals surface area contributed by atoms with Gasteiger partial charge in [-0.25, -0.2) is 9.78 Å². The van der Waals surface area contributed by atoms with Crippen molar-refractivity contribution in [3.63, 3.8) is 0 Å². The maximum atomic E-state index is 12.3. The van der Waals surface area contributed by atoms with Crippen LogP contribution in [-0.2, 0) is 6.18 Å². The molecule has 0 aromatic carbocycles. The Bertz CT molecular complexity index is 478. The summed E-state index contributed by atoms with van der Waals surface area (Å²) in [6, 6.07) is -0.618. The first-order valence-electron chi connectivity index (χ1n) is 6.12. The predicted molar refractivity (Wildman–Crippen MR) is 67.5 cm³/mol. The molecule has 0 saturated heterocycles. The van der Waals surface area contributed by atoms with E-state index in [1.807, 2.05) is 0 Å². The van der Waals surface area contributed by atoms with Crippen LogP contribution in [-0.4, -0.2) is 28.8 Å². The average molecular weight is 309 g/mol. The van der Waals surface area contributed by atoms with Crippen LogP contribution in [0.3, 0.4) is 0 Å². The van der Waals surface area contributed by atoms with Crippen LogP contribution in [0.1, 0.15) is 25.0 Å². The molecular formula is C11H14F3N3O2S. The first kappa shape index (κ1) is 15.0. The lowest BCUT2D eigenvalue weighted by Crippen LogP contribution is -2.35. The van der Waals surface area contributed by atoms with Crippen LogP contribution in [0, 0.1) is 5.92 Å². The number of amides is 2. The van der Waals surface area contributed by atoms with Gasteiger partial charge in [-0.1, -0.05) is 6.42 Å². The molecule has 2 amide bonds. The molecule has 0 aliphatic heterocycles. The van der Waals surface area contributed by atoms with E-state index in [1.165, 1.54) is 0 Å². The summed E-state index contributed by atoms with van der Waals surface area (Å²) in [5, 5.41) is 15.1. The van der Waals surface area contributed by atoms with E-state index in [9.17, 15) is 23.1 Å². The van der Waals surface area contributed by atoms with E-state index < -0.39 is 24.0 Å².